The van der Waals surface area contributed by atoms with Gasteiger partial charge in [0, 0.05) is 23.3 Å². The van der Waals surface area contributed by atoms with Crippen LogP contribution in [0.2, 0.25) is 0 Å². The van der Waals surface area contributed by atoms with E-state index in [1.54, 1.807) is 0 Å². The monoisotopic (exact) mass is 265 g/mol. The average Bonchev–Trinajstić information content (AvgIpc) is 2.77. The molecule has 3 heteroatoms. The number of hydrogen-bond acceptors (Lipinski definition) is 3. The number of ether oxygens (including phenoxy) is 1. The van der Waals surface area contributed by atoms with Crippen LogP contribution in [0, 0.1) is 0 Å². The quantitative estimate of drug-likeness (QED) is 0.761. The van der Waals surface area contributed by atoms with Crippen molar-refractivity contribution in [3.8, 4) is 0 Å². The van der Waals surface area contributed by atoms with E-state index in [-0.39, 0.29) is 0 Å². The zero-order chi connectivity index (χ0) is 12.8. The molecule has 2 nitrogen and oxygen atoms in total. The van der Waals surface area contributed by atoms with Crippen LogP contribution in [0.4, 0.5) is 0 Å². The summed E-state index contributed by atoms with van der Waals surface area (Å²) in [5.41, 5.74) is 1.47. The molecule has 0 radical (unpaired) electrons. The van der Waals surface area contributed by atoms with Crippen molar-refractivity contribution in [2.75, 3.05) is 18.9 Å². The van der Waals surface area contributed by atoms with Crippen LogP contribution in [0.1, 0.15) is 38.3 Å². The topological polar surface area (TPSA) is 21.3 Å². The molecule has 1 aromatic carbocycles. The SMILES string of the molecule is CC(C)OCCCCNC1CSc2ccccc21. The summed E-state index contributed by atoms with van der Waals surface area (Å²) in [4.78, 5) is 1.44. The summed E-state index contributed by atoms with van der Waals surface area (Å²) in [6.45, 7) is 6.15. The van der Waals surface area contributed by atoms with Gasteiger partial charge in [-0.3, -0.25) is 0 Å². The minimum Gasteiger partial charge on any atom is -0.379 e. The Morgan fingerprint density at radius 3 is 3.00 bits per heavy atom. The van der Waals surface area contributed by atoms with E-state index in [2.05, 4.69) is 43.4 Å². The molecule has 100 valence electrons. The molecule has 0 bridgehead atoms. The first-order chi connectivity index (χ1) is 8.77. The lowest BCUT2D eigenvalue weighted by Gasteiger charge is -2.13. The first-order valence-electron chi connectivity index (χ1n) is 6.84. The van der Waals surface area contributed by atoms with E-state index in [1.165, 1.54) is 22.6 Å². The van der Waals surface area contributed by atoms with Crippen molar-refractivity contribution < 1.29 is 4.74 Å². The number of hydrogen-bond donors (Lipinski definition) is 1. The molecule has 0 spiro atoms. The lowest BCUT2D eigenvalue weighted by Crippen LogP contribution is -2.22. The Morgan fingerprint density at radius 1 is 1.33 bits per heavy atom. The van der Waals surface area contributed by atoms with E-state index in [0.29, 0.717) is 12.1 Å². The molecule has 1 atom stereocenters. The van der Waals surface area contributed by atoms with Crippen LogP contribution in [0.25, 0.3) is 0 Å². The van der Waals surface area contributed by atoms with Crippen molar-refractivity contribution >= 4 is 11.8 Å². The second kappa shape index (κ2) is 7.17. The molecule has 2 rings (SSSR count). The molecule has 0 fully saturated rings. The van der Waals surface area contributed by atoms with Crippen molar-refractivity contribution in [1.29, 1.82) is 0 Å². The molecule has 1 N–H and O–H groups in total. The summed E-state index contributed by atoms with van der Waals surface area (Å²) in [5.74, 6) is 1.17. The van der Waals surface area contributed by atoms with Crippen molar-refractivity contribution in [1.82, 2.24) is 5.32 Å². The normalized spacial score (nSPS) is 18.3. The van der Waals surface area contributed by atoms with E-state index < -0.39 is 0 Å². The van der Waals surface area contributed by atoms with E-state index in [9.17, 15) is 0 Å². The van der Waals surface area contributed by atoms with Gasteiger partial charge in [0.1, 0.15) is 0 Å². The van der Waals surface area contributed by atoms with Crippen LogP contribution >= 0.6 is 11.8 Å². The highest BCUT2D eigenvalue weighted by Crippen LogP contribution is 2.37. The first kappa shape index (κ1) is 13.9. The van der Waals surface area contributed by atoms with Crippen LogP contribution < -0.4 is 5.32 Å². The lowest BCUT2D eigenvalue weighted by atomic mass is 10.1. The molecule has 0 amide bonds. The van der Waals surface area contributed by atoms with E-state index in [1.807, 2.05) is 11.8 Å². The molecule has 1 heterocycles. The highest BCUT2D eigenvalue weighted by molar-refractivity contribution is 7.99. The minimum atomic E-state index is 0.357. The number of thioether (sulfide) groups is 1. The number of rotatable bonds is 7. The summed E-state index contributed by atoms with van der Waals surface area (Å²) in [6, 6.07) is 9.26. The van der Waals surface area contributed by atoms with Gasteiger partial charge in [-0.1, -0.05) is 18.2 Å². The zero-order valence-corrected chi connectivity index (χ0v) is 12.1. The second-order valence-electron chi connectivity index (χ2n) is 4.98. The second-order valence-corrected chi connectivity index (χ2v) is 6.04. The van der Waals surface area contributed by atoms with Crippen molar-refractivity contribution in [3.63, 3.8) is 0 Å². The molecule has 0 saturated carbocycles. The van der Waals surface area contributed by atoms with Gasteiger partial charge in [0.25, 0.3) is 0 Å². The predicted octanol–water partition coefficient (Wildman–Crippen LogP) is 3.63. The van der Waals surface area contributed by atoms with Crippen molar-refractivity contribution in [2.24, 2.45) is 0 Å². The van der Waals surface area contributed by atoms with Crippen molar-refractivity contribution in [2.45, 2.75) is 43.7 Å². The van der Waals surface area contributed by atoms with Gasteiger partial charge in [-0.15, -0.1) is 11.8 Å². The minimum absolute atomic E-state index is 0.357. The van der Waals surface area contributed by atoms with E-state index in [0.717, 1.165) is 19.6 Å². The maximum Gasteiger partial charge on any atom is 0.0518 e. The average molecular weight is 265 g/mol. The standard InChI is InChI=1S/C15H23NOS/c1-12(2)17-10-6-5-9-16-14-11-18-15-8-4-3-7-13(14)15/h3-4,7-8,12,14,16H,5-6,9-11H2,1-2H3. The maximum absolute atomic E-state index is 5.54. The maximum atomic E-state index is 5.54. The third-order valence-electron chi connectivity index (χ3n) is 3.11. The molecule has 0 saturated heterocycles. The fourth-order valence-corrected chi connectivity index (χ4v) is 3.35. The Kier molecular flexibility index (Phi) is 5.54. The Hall–Kier alpha value is -0.510. The van der Waals surface area contributed by atoms with Crippen LogP contribution in [0.15, 0.2) is 29.2 Å². The Balaban J connectivity index is 1.64. The molecule has 0 aliphatic carbocycles. The van der Waals surface area contributed by atoms with Gasteiger partial charge in [-0.05, 0) is 44.9 Å². The Morgan fingerprint density at radius 2 is 2.17 bits per heavy atom. The zero-order valence-electron chi connectivity index (χ0n) is 11.3. The van der Waals surface area contributed by atoms with Crippen LogP contribution in [0.3, 0.4) is 0 Å². The van der Waals surface area contributed by atoms with Gasteiger partial charge in [0.05, 0.1) is 6.10 Å². The smallest absolute Gasteiger partial charge is 0.0518 e. The summed E-state index contributed by atoms with van der Waals surface area (Å²) < 4.78 is 5.54. The Labute approximate surface area is 114 Å². The fourth-order valence-electron chi connectivity index (χ4n) is 2.15. The number of unbranched alkanes of at least 4 members (excludes halogenated alkanes) is 1. The number of nitrogens with one attached hydrogen (secondary N) is 1. The molecular weight excluding hydrogens is 242 g/mol. The van der Waals surface area contributed by atoms with Gasteiger partial charge in [-0.2, -0.15) is 0 Å². The van der Waals surface area contributed by atoms with E-state index in [4.69, 9.17) is 4.74 Å². The molecule has 1 aliphatic heterocycles. The summed E-state index contributed by atoms with van der Waals surface area (Å²) in [7, 11) is 0. The third-order valence-corrected chi connectivity index (χ3v) is 4.30. The van der Waals surface area contributed by atoms with Gasteiger partial charge in [0.2, 0.25) is 0 Å². The number of fused-ring (bicyclic) bond motifs is 1. The lowest BCUT2D eigenvalue weighted by molar-refractivity contribution is 0.0760. The molecule has 1 aromatic rings. The van der Waals surface area contributed by atoms with Crippen LogP contribution in [-0.2, 0) is 4.74 Å². The van der Waals surface area contributed by atoms with Gasteiger partial charge in [-0.25, -0.2) is 0 Å². The first-order valence-corrected chi connectivity index (χ1v) is 7.82. The summed E-state index contributed by atoms with van der Waals surface area (Å²) in [6.07, 6.45) is 2.69. The largest absolute Gasteiger partial charge is 0.379 e. The van der Waals surface area contributed by atoms with Crippen LogP contribution in [0.5, 0.6) is 0 Å². The molecule has 1 unspecified atom stereocenters. The predicted molar refractivity (Wildman–Crippen MR) is 78.2 cm³/mol. The van der Waals surface area contributed by atoms with Gasteiger partial charge in [0.15, 0.2) is 0 Å². The molecule has 1 aliphatic rings. The summed E-state index contributed by atoms with van der Waals surface area (Å²) >= 11 is 1.96. The van der Waals surface area contributed by atoms with Gasteiger partial charge >= 0.3 is 0 Å². The molecule has 18 heavy (non-hydrogen) atoms. The van der Waals surface area contributed by atoms with Crippen molar-refractivity contribution in [3.05, 3.63) is 29.8 Å². The summed E-state index contributed by atoms with van der Waals surface area (Å²) in [5, 5.41) is 3.65. The third kappa shape index (κ3) is 4.01. The molecular formula is C15H23NOS. The number of benzene rings is 1. The van der Waals surface area contributed by atoms with Crippen LogP contribution in [-0.4, -0.2) is 25.0 Å². The Bertz CT molecular complexity index is 367. The van der Waals surface area contributed by atoms with Gasteiger partial charge < -0.3 is 10.1 Å². The highest BCUT2D eigenvalue weighted by Gasteiger charge is 2.21. The van der Waals surface area contributed by atoms with E-state index >= 15 is 0 Å². The molecule has 0 aromatic heterocycles. The fraction of sp³-hybridized carbons (Fsp3) is 0.600. The highest BCUT2D eigenvalue weighted by atomic mass is 32.2.